The van der Waals surface area contributed by atoms with Gasteiger partial charge >= 0.3 is 0 Å². The van der Waals surface area contributed by atoms with Crippen LogP contribution in [0.25, 0.3) is 4.96 Å². The fourth-order valence-electron chi connectivity index (χ4n) is 1.95. The molecule has 6 heteroatoms. The average molecular weight is 289 g/mol. The fourth-order valence-corrected chi connectivity index (χ4v) is 2.69. The van der Waals surface area contributed by atoms with Gasteiger partial charge in [-0.15, -0.1) is 11.3 Å². The Labute approximate surface area is 118 Å². The molecule has 2 aromatic heterocycles. The molecular weight excluding hydrogens is 277 g/mol. The first-order chi connectivity index (χ1) is 9.63. The summed E-state index contributed by atoms with van der Waals surface area (Å²) in [5.74, 6) is -0.292. The number of thiazole rings is 1. The first-order valence-corrected chi connectivity index (χ1v) is 6.97. The van der Waals surface area contributed by atoms with Crippen LogP contribution < -0.4 is 10.9 Å². The van der Waals surface area contributed by atoms with Gasteiger partial charge in [0, 0.05) is 23.3 Å². The van der Waals surface area contributed by atoms with Gasteiger partial charge in [-0.3, -0.25) is 9.20 Å². The van der Waals surface area contributed by atoms with Crippen LogP contribution in [0.15, 0.2) is 40.6 Å². The summed E-state index contributed by atoms with van der Waals surface area (Å²) in [7, 11) is 0. The minimum absolute atomic E-state index is 0.107. The van der Waals surface area contributed by atoms with Crippen molar-refractivity contribution in [3.8, 4) is 0 Å². The maximum absolute atomic E-state index is 13.2. The summed E-state index contributed by atoms with van der Waals surface area (Å²) in [5.41, 5.74) is 2.18. The highest BCUT2D eigenvalue weighted by Gasteiger charge is 2.05. The molecule has 4 nitrogen and oxygen atoms in total. The highest BCUT2D eigenvalue weighted by atomic mass is 32.1. The Morgan fingerprint density at radius 2 is 2.25 bits per heavy atom. The van der Waals surface area contributed by atoms with Crippen LogP contribution >= 0.6 is 11.3 Å². The van der Waals surface area contributed by atoms with Crippen LogP contribution in [0.4, 0.5) is 10.1 Å². The second kappa shape index (κ2) is 5.05. The van der Waals surface area contributed by atoms with Crippen molar-refractivity contribution < 1.29 is 4.39 Å². The molecule has 0 bridgehead atoms. The Hall–Kier alpha value is -2.21. The van der Waals surface area contributed by atoms with Gasteiger partial charge in [0.25, 0.3) is 5.56 Å². The minimum atomic E-state index is -0.292. The van der Waals surface area contributed by atoms with Gasteiger partial charge in [0.2, 0.25) is 0 Å². The number of benzene rings is 1. The lowest BCUT2D eigenvalue weighted by Gasteiger charge is -2.09. The molecule has 0 radical (unpaired) electrons. The Kier molecular flexibility index (Phi) is 3.23. The summed E-state index contributed by atoms with van der Waals surface area (Å²) >= 11 is 1.41. The standard InChI is InChI=1S/C14H12FN3OS/c1-9-2-3-10(15)6-12(9)16-8-11-7-13(19)18-4-5-20-14(18)17-11/h2-7,16H,8H2,1H3. The van der Waals surface area contributed by atoms with Crippen molar-refractivity contribution in [3.05, 3.63) is 63.3 Å². The molecule has 0 aliphatic rings. The van der Waals surface area contributed by atoms with Crippen LogP contribution in [0.5, 0.6) is 0 Å². The molecule has 102 valence electrons. The molecule has 0 saturated heterocycles. The molecule has 0 unspecified atom stereocenters. The summed E-state index contributed by atoms with van der Waals surface area (Å²) in [4.78, 5) is 16.9. The van der Waals surface area contributed by atoms with Crippen molar-refractivity contribution in [1.29, 1.82) is 0 Å². The highest BCUT2D eigenvalue weighted by Crippen LogP contribution is 2.16. The Balaban J connectivity index is 1.86. The average Bonchev–Trinajstić information content (AvgIpc) is 2.89. The van der Waals surface area contributed by atoms with Gasteiger partial charge in [-0.2, -0.15) is 0 Å². The van der Waals surface area contributed by atoms with E-state index >= 15 is 0 Å². The second-order valence-corrected chi connectivity index (χ2v) is 5.33. The molecular formula is C14H12FN3OS. The van der Waals surface area contributed by atoms with Crippen molar-refractivity contribution in [1.82, 2.24) is 9.38 Å². The van der Waals surface area contributed by atoms with Gasteiger partial charge in [0.15, 0.2) is 4.96 Å². The van der Waals surface area contributed by atoms with Crippen LogP contribution in [-0.2, 0) is 6.54 Å². The van der Waals surface area contributed by atoms with E-state index < -0.39 is 0 Å². The smallest absolute Gasteiger partial charge is 0.258 e. The number of halogens is 1. The molecule has 0 aliphatic carbocycles. The van der Waals surface area contributed by atoms with E-state index in [0.29, 0.717) is 22.9 Å². The van der Waals surface area contributed by atoms with Crippen LogP contribution in [0.3, 0.4) is 0 Å². The lowest BCUT2D eigenvalue weighted by atomic mass is 10.2. The van der Waals surface area contributed by atoms with Gasteiger partial charge < -0.3 is 5.32 Å². The lowest BCUT2D eigenvalue weighted by Crippen LogP contribution is -2.14. The van der Waals surface area contributed by atoms with E-state index in [1.165, 1.54) is 33.9 Å². The van der Waals surface area contributed by atoms with E-state index in [1.807, 2.05) is 12.3 Å². The van der Waals surface area contributed by atoms with Crippen LogP contribution in [-0.4, -0.2) is 9.38 Å². The predicted octanol–water partition coefficient (Wildman–Crippen LogP) is 2.82. The van der Waals surface area contributed by atoms with E-state index in [9.17, 15) is 9.18 Å². The maximum atomic E-state index is 13.2. The molecule has 0 amide bonds. The topological polar surface area (TPSA) is 46.4 Å². The monoisotopic (exact) mass is 289 g/mol. The zero-order chi connectivity index (χ0) is 14.1. The number of rotatable bonds is 3. The minimum Gasteiger partial charge on any atom is -0.379 e. The molecule has 20 heavy (non-hydrogen) atoms. The summed E-state index contributed by atoms with van der Waals surface area (Å²) in [6, 6.07) is 6.05. The third-order valence-electron chi connectivity index (χ3n) is 3.02. The fraction of sp³-hybridized carbons (Fsp3) is 0.143. The third-order valence-corrected chi connectivity index (χ3v) is 3.77. The SMILES string of the molecule is Cc1ccc(F)cc1NCc1cc(=O)n2ccsc2n1. The lowest BCUT2D eigenvalue weighted by molar-refractivity contribution is 0.628. The first-order valence-electron chi connectivity index (χ1n) is 6.09. The summed E-state index contributed by atoms with van der Waals surface area (Å²) in [6.45, 7) is 2.28. The Bertz CT molecular complexity index is 825. The van der Waals surface area contributed by atoms with Gasteiger partial charge in [0.05, 0.1) is 12.2 Å². The van der Waals surface area contributed by atoms with Gasteiger partial charge in [-0.1, -0.05) is 6.07 Å². The molecule has 0 saturated carbocycles. The van der Waals surface area contributed by atoms with Crippen molar-refractivity contribution in [2.75, 3.05) is 5.32 Å². The van der Waals surface area contributed by atoms with Crippen LogP contribution in [0.2, 0.25) is 0 Å². The molecule has 3 rings (SSSR count). The van der Waals surface area contributed by atoms with Gasteiger partial charge in [-0.05, 0) is 24.6 Å². The molecule has 1 N–H and O–H groups in total. The number of aromatic nitrogens is 2. The molecule has 0 aliphatic heterocycles. The Morgan fingerprint density at radius 3 is 3.10 bits per heavy atom. The normalized spacial score (nSPS) is 10.9. The number of fused-ring (bicyclic) bond motifs is 1. The number of hydrogen-bond acceptors (Lipinski definition) is 4. The molecule has 3 aromatic rings. The van der Waals surface area contributed by atoms with E-state index in [2.05, 4.69) is 10.3 Å². The molecule has 1 aromatic carbocycles. The van der Waals surface area contributed by atoms with E-state index in [1.54, 1.807) is 12.3 Å². The zero-order valence-corrected chi connectivity index (χ0v) is 11.6. The largest absolute Gasteiger partial charge is 0.379 e. The number of anilines is 1. The number of hydrogen-bond donors (Lipinski definition) is 1. The van der Waals surface area contributed by atoms with Crippen molar-refractivity contribution in [3.63, 3.8) is 0 Å². The predicted molar refractivity (Wildman–Crippen MR) is 77.8 cm³/mol. The number of aryl methyl sites for hydroxylation is 1. The van der Waals surface area contributed by atoms with Crippen molar-refractivity contribution >= 4 is 22.0 Å². The van der Waals surface area contributed by atoms with E-state index in [-0.39, 0.29) is 11.4 Å². The number of nitrogens with zero attached hydrogens (tertiary/aromatic N) is 2. The van der Waals surface area contributed by atoms with Crippen molar-refractivity contribution in [2.45, 2.75) is 13.5 Å². The van der Waals surface area contributed by atoms with Gasteiger partial charge in [-0.25, -0.2) is 9.37 Å². The zero-order valence-electron chi connectivity index (χ0n) is 10.8. The number of nitrogens with one attached hydrogen (secondary N) is 1. The highest BCUT2D eigenvalue weighted by molar-refractivity contribution is 7.15. The third kappa shape index (κ3) is 2.42. The summed E-state index contributed by atoms with van der Waals surface area (Å²) in [5, 5.41) is 4.93. The van der Waals surface area contributed by atoms with Crippen molar-refractivity contribution in [2.24, 2.45) is 0 Å². The first kappa shape index (κ1) is 12.8. The molecule has 0 spiro atoms. The maximum Gasteiger partial charge on any atom is 0.258 e. The summed E-state index contributed by atoms with van der Waals surface area (Å²) < 4.78 is 14.7. The summed E-state index contributed by atoms with van der Waals surface area (Å²) in [6.07, 6.45) is 1.70. The van der Waals surface area contributed by atoms with Crippen LogP contribution in [0.1, 0.15) is 11.3 Å². The quantitative estimate of drug-likeness (QED) is 0.806. The molecule has 0 fully saturated rings. The molecule has 0 atom stereocenters. The van der Waals surface area contributed by atoms with Crippen LogP contribution in [0, 0.1) is 12.7 Å². The second-order valence-electron chi connectivity index (χ2n) is 4.45. The van der Waals surface area contributed by atoms with E-state index in [0.717, 1.165) is 5.56 Å². The van der Waals surface area contributed by atoms with Gasteiger partial charge in [0.1, 0.15) is 5.82 Å². The van der Waals surface area contributed by atoms with E-state index in [4.69, 9.17) is 0 Å². The molecule has 2 heterocycles. The Morgan fingerprint density at radius 1 is 1.40 bits per heavy atom.